The zero-order valence-electron chi connectivity index (χ0n) is 18.2. The summed E-state index contributed by atoms with van der Waals surface area (Å²) >= 11 is 0. The average Bonchev–Trinajstić information content (AvgIpc) is 3.14. The van der Waals surface area contributed by atoms with Gasteiger partial charge in [0.1, 0.15) is 12.4 Å². The molecule has 1 atom stereocenters. The largest absolute Gasteiger partial charge is 0.490 e. The number of aromatic nitrogens is 3. The van der Waals surface area contributed by atoms with Crippen molar-refractivity contribution in [3.63, 3.8) is 0 Å². The second-order valence-electron chi connectivity index (χ2n) is 7.94. The first kappa shape index (κ1) is 21.0. The highest BCUT2D eigenvalue weighted by Crippen LogP contribution is 2.31. The third-order valence-electron chi connectivity index (χ3n) is 5.55. The van der Waals surface area contributed by atoms with E-state index in [1.165, 1.54) is 5.56 Å². The molecule has 31 heavy (non-hydrogen) atoms. The number of nitrogens with two attached hydrogens (primary N) is 1. The van der Waals surface area contributed by atoms with Crippen LogP contribution in [0.2, 0.25) is 0 Å². The van der Waals surface area contributed by atoms with Gasteiger partial charge in [-0.3, -0.25) is 4.90 Å². The van der Waals surface area contributed by atoms with Gasteiger partial charge in [0.05, 0.1) is 18.0 Å². The van der Waals surface area contributed by atoms with Crippen molar-refractivity contribution in [3.05, 3.63) is 47.3 Å². The van der Waals surface area contributed by atoms with Crippen LogP contribution >= 0.6 is 0 Å². The lowest BCUT2D eigenvalue weighted by Gasteiger charge is -2.32. The van der Waals surface area contributed by atoms with E-state index in [-0.39, 0.29) is 6.61 Å². The number of rotatable bonds is 7. The molecule has 4 rings (SSSR count). The zero-order chi connectivity index (χ0) is 21.8. The van der Waals surface area contributed by atoms with Gasteiger partial charge in [-0.1, -0.05) is 12.0 Å². The Morgan fingerprint density at radius 2 is 2.10 bits per heavy atom. The third-order valence-corrected chi connectivity index (χ3v) is 5.55. The van der Waals surface area contributed by atoms with Crippen molar-refractivity contribution in [2.75, 3.05) is 32.0 Å². The quantitative estimate of drug-likeness (QED) is 0.592. The van der Waals surface area contributed by atoms with Crippen LogP contribution in [-0.4, -0.2) is 45.8 Å². The van der Waals surface area contributed by atoms with E-state index in [2.05, 4.69) is 28.1 Å². The number of likely N-dealkylation sites (tertiary alicyclic amines) is 1. The van der Waals surface area contributed by atoms with Crippen molar-refractivity contribution < 1.29 is 9.47 Å². The summed E-state index contributed by atoms with van der Waals surface area (Å²) in [5.41, 5.74) is 10.2. The molecule has 162 valence electrons. The summed E-state index contributed by atoms with van der Waals surface area (Å²) in [6, 6.07) is 10.0. The number of terminal acetylenes is 1. The highest BCUT2D eigenvalue weighted by atomic mass is 16.5. The van der Waals surface area contributed by atoms with Crippen LogP contribution in [0.5, 0.6) is 11.5 Å². The molecule has 1 aliphatic heterocycles. The van der Waals surface area contributed by atoms with Gasteiger partial charge in [0.25, 0.3) is 0 Å². The minimum Gasteiger partial charge on any atom is -0.490 e. The standard InChI is InChI=1S/C24H29N5O2/c1-4-11-31-21-9-8-18(13-22(21)30-5-2)15-28-10-6-7-19(16-28)20-14-23(25)29-24(26-20)12-17(3)27-29/h1,8-9,12-14,19H,5-7,10-11,15-16,25H2,2-3H3/t19-/m0/s1. The number of ether oxygens (including phenoxy) is 2. The van der Waals surface area contributed by atoms with E-state index in [0.717, 1.165) is 55.3 Å². The number of benzene rings is 1. The van der Waals surface area contributed by atoms with E-state index < -0.39 is 0 Å². The number of hydrogen-bond donors (Lipinski definition) is 1. The average molecular weight is 420 g/mol. The van der Waals surface area contributed by atoms with Crippen molar-refractivity contribution in [2.45, 2.75) is 39.2 Å². The second kappa shape index (κ2) is 9.27. The van der Waals surface area contributed by atoms with Gasteiger partial charge in [-0.25, -0.2) is 4.98 Å². The lowest BCUT2D eigenvalue weighted by Crippen LogP contribution is -2.34. The monoisotopic (exact) mass is 419 g/mol. The summed E-state index contributed by atoms with van der Waals surface area (Å²) in [4.78, 5) is 7.30. The number of nitrogen functional groups attached to an aromatic ring is 1. The van der Waals surface area contributed by atoms with Crippen molar-refractivity contribution in [1.82, 2.24) is 19.5 Å². The predicted molar refractivity (Wildman–Crippen MR) is 121 cm³/mol. The van der Waals surface area contributed by atoms with Crippen LogP contribution in [-0.2, 0) is 6.54 Å². The summed E-state index contributed by atoms with van der Waals surface area (Å²) in [6.45, 7) is 7.56. The molecule has 1 fully saturated rings. The number of aryl methyl sites for hydroxylation is 1. The van der Waals surface area contributed by atoms with Gasteiger partial charge in [-0.05, 0) is 50.9 Å². The molecule has 0 unspecified atom stereocenters. The molecule has 0 saturated carbocycles. The van der Waals surface area contributed by atoms with E-state index in [9.17, 15) is 0 Å². The van der Waals surface area contributed by atoms with Crippen LogP contribution in [0.4, 0.5) is 5.82 Å². The van der Waals surface area contributed by atoms with Gasteiger partial charge >= 0.3 is 0 Å². The molecule has 3 aromatic rings. The summed E-state index contributed by atoms with van der Waals surface area (Å²) < 4.78 is 13.1. The Bertz CT molecular complexity index is 1100. The van der Waals surface area contributed by atoms with Crippen LogP contribution in [0.25, 0.3) is 5.65 Å². The fourth-order valence-electron chi connectivity index (χ4n) is 4.20. The van der Waals surface area contributed by atoms with Gasteiger partial charge < -0.3 is 15.2 Å². The Morgan fingerprint density at radius 3 is 2.90 bits per heavy atom. The molecule has 0 radical (unpaired) electrons. The molecular formula is C24H29N5O2. The number of hydrogen-bond acceptors (Lipinski definition) is 6. The third kappa shape index (κ3) is 4.75. The summed E-state index contributed by atoms with van der Waals surface area (Å²) in [5, 5.41) is 4.40. The van der Waals surface area contributed by atoms with Crippen LogP contribution < -0.4 is 15.2 Å². The Balaban J connectivity index is 1.49. The number of piperidine rings is 1. The molecule has 2 aromatic heterocycles. The van der Waals surface area contributed by atoms with Crippen LogP contribution in [0.1, 0.15) is 42.6 Å². The lowest BCUT2D eigenvalue weighted by atomic mass is 9.94. The van der Waals surface area contributed by atoms with Gasteiger partial charge in [0.15, 0.2) is 17.1 Å². The molecule has 1 aliphatic rings. The molecule has 7 heteroatoms. The van der Waals surface area contributed by atoms with Crippen molar-refractivity contribution in [3.8, 4) is 23.8 Å². The van der Waals surface area contributed by atoms with Crippen molar-refractivity contribution in [2.24, 2.45) is 0 Å². The number of nitrogens with zero attached hydrogens (tertiary/aromatic N) is 4. The molecule has 0 amide bonds. The van der Waals surface area contributed by atoms with E-state index in [4.69, 9.17) is 26.6 Å². The molecule has 1 aromatic carbocycles. The first-order chi connectivity index (χ1) is 15.1. The maximum Gasteiger partial charge on any atom is 0.162 e. The lowest BCUT2D eigenvalue weighted by molar-refractivity contribution is 0.198. The fourth-order valence-corrected chi connectivity index (χ4v) is 4.20. The van der Waals surface area contributed by atoms with Crippen LogP contribution in [0.3, 0.4) is 0 Å². The Kier molecular flexibility index (Phi) is 6.28. The van der Waals surface area contributed by atoms with Crippen LogP contribution in [0.15, 0.2) is 30.3 Å². The molecule has 0 spiro atoms. The summed E-state index contributed by atoms with van der Waals surface area (Å²) in [7, 11) is 0. The molecule has 3 heterocycles. The molecule has 1 saturated heterocycles. The van der Waals surface area contributed by atoms with E-state index >= 15 is 0 Å². The molecule has 7 nitrogen and oxygen atoms in total. The minimum atomic E-state index is 0.227. The van der Waals surface area contributed by atoms with E-state index in [1.54, 1.807) is 4.52 Å². The maximum absolute atomic E-state index is 6.24. The summed E-state index contributed by atoms with van der Waals surface area (Å²) in [6.07, 6.45) is 7.54. The first-order valence-electron chi connectivity index (χ1n) is 10.7. The molecule has 2 N–H and O–H groups in total. The Hall–Kier alpha value is -3.24. The topological polar surface area (TPSA) is 77.9 Å². The second-order valence-corrected chi connectivity index (χ2v) is 7.94. The highest BCUT2D eigenvalue weighted by Gasteiger charge is 2.24. The van der Waals surface area contributed by atoms with Crippen molar-refractivity contribution >= 4 is 11.5 Å². The van der Waals surface area contributed by atoms with Crippen molar-refractivity contribution in [1.29, 1.82) is 0 Å². The van der Waals surface area contributed by atoms with E-state index in [1.807, 2.05) is 32.0 Å². The maximum atomic E-state index is 6.24. The Morgan fingerprint density at radius 1 is 1.23 bits per heavy atom. The fraction of sp³-hybridized carbons (Fsp3) is 0.417. The van der Waals surface area contributed by atoms with Crippen LogP contribution in [0, 0.1) is 19.3 Å². The summed E-state index contributed by atoms with van der Waals surface area (Å²) in [5.74, 6) is 4.90. The van der Waals surface area contributed by atoms with Gasteiger partial charge in [0, 0.05) is 31.1 Å². The molecule has 0 bridgehead atoms. The molecule has 0 aliphatic carbocycles. The number of fused-ring (bicyclic) bond motifs is 1. The first-order valence-corrected chi connectivity index (χ1v) is 10.7. The number of anilines is 1. The van der Waals surface area contributed by atoms with E-state index in [0.29, 0.717) is 24.1 Å². The smallest absolute Gasteiger partial charge is 0.162 e. The van der Waals surface area contributed by atoms with Gasteiger partial charge in [-0.15, -0.1) is 6.42 Å². The Labute approximate surface area is 183 Å². The normalized spacial score (nSPS) is 16.9. The predicted octanol–water partition coefficient (Wildman–Crippen LogP) is 3.41. The van der Waals surface area contributed by atoms with Gasteiger partial charge in [-0.2, -0.15) is 9.61 Å². The SMILES string of the molecule is C#CCOc1ccc(CN2CCC[C@H](c3cc(N)n4nc(C)cc4n3)C2)cc1OCC. The highest BCUT2D eigenvalue weighted by molar-refractivity contribution is 5.49. The molecular weight excluding hydrogens is 390 g/mol. The zero-order valence-corrected chi connectivity index (χ0v) is 18.2. The van der Waals surface area contributed by atoms with Gasteiger partial charge in [0.2, 0.25) is 0 Å². The minimum absolute atomic E-state index is 0.227.